The molecule has 4 rings (SSSR count). The van der Waals surface area contributed by atoms with Gasteiger partial charge in [0.25, 0.3) is 17.7 Å². The number of amides is 2. The van der Waals surface area contributed by atoms with Gasteiger partial charge in [-0.15, -0.1) is 10.2 Å². The molecule has 1 aliphatic carbocycles. The Morgan fingerprint density at radius 3 is 2.33 bits per heavy atom. The fourth-order valence-electron chi connectivity index (χ4n) is 5.54. The van der Waals surface area contributed by atoms with Crippen molar-refractivity contribution < 1.29 is 50.2 Å². The number of alkyl halides is 6. The molecule has 0 aromatic carbocycles. The first-order chi connectivity index (χ1) is 20.8. The van der Waals surface area contributed by atoms with Gasteiger partial charge in [0.2, 0.25) is 5.60 Å². The topological polar surface area (TPSA) is 157 Å². The van der Waals surface area contributed by atoms with Crippen molar-refractivity contribution in [3.63, 3.8) is 0 Å². The zero-order valence-electron chi connectivity index (χ0n) is 25.0. The lowest BCUT2D eigenvalue weighted by molar-refractivity contribution is -0.277. The summed E-state index contributed by atoms with van der Waals surface area (Å²) in [5.41, 5.74) is -2.87. The molecule has 1 aliphatic heterocycles. The van der Waals surface area contributed by atoms with Gasteiger partial charge in [-0.2, -0.15) is 26.3 Å². The molecule has 2 amide bonds. The van der Waals surface area contributed by atoms with Crippen molar-refractivity contribution in [1.29, 1.82) is 0 Å². The molecule has 0 unspecified atom stereocenters. The molecule has 1 atom stereocenters. The van der Waals surface area contributed by atoms with E-state index in [0.29, 0.717) is 38.3 Å². The molecule has 250 valence electrons. The lowest BCUT2D eigenvalue weighted by Gasteiger charge is -2.37. The Morgan fingerprint density at radius 1 is 1.09 bits per heavy atom. The van der Waals surface area contributed by atoms with Crippen LogP contribution in [0, 0.1) is 5.92 Å². The molecule has 17 heteroatoms. The average Bonchev–Trinajstić information content (AvgIpc) is 3.42. The van der Waals surface area contributed by atoms with Gasteiger partial charge in [0.15, 0.2) is 5.69 Å². The summed E-state index contributed by atoms with van der Waals surface area (Å²) in [7, 11) is 0. The zero-order valence-corrected chi connectivity index (χ0v) is 25.0. The molecule has 3 heterocycles. The number of carbonyl (C=O) groups is 2. The summed E-state index contributed by atoms with van der Waals surface area (Å²) in [6.45, 7) is 4.85. The van der Waals surface area contributed by atoms with E-state index in [0.717, 1.165) is 0 Å². The zero-order chi connectivity index (χ0) is 33.4. The number of halogens is 6. The molecule has 4 bridgehead atoms. The van der Waals surface area contributed by atoms with Gasteiger partial charge >= 0.3 is 18.4 Å². The Kier molecular flexibility index (Phi) is 9.73. The van der Waals surface area contributed by atoms with E-state index in [1.807, 2.05) is 0 Å². The predicted octanol–water partition coefficient (Wildman–Crippen LogP) is 5.78. The molecule has 45 heavy (non-hydrogen) atoms. The molecule has 11 nitrogen and oxygen atoms in total. The predicted molar refractivity (Wildman–Crippen MR) is 147 cm³/mol. The Labute approximate surface area is 254 Å². The number of anilines is 1. The van der Waals surface area contributed by atoms with Crippen LogP contribution in [0.25, 0.3) is 11.6 Å². The highest BCUT2D eigenvalue weighted by Gasteiger charge is 2.58. The molecule has 1 saturated carbocycles. The van der Waals surface area contributed by atoms with Crippen LogP contribution in [0.3, 0.4) is 0 Å². The van der Waals surface area contributed by atoms with Gasteiger partial charge in [-0.25, -0.2) is 9.78 Å². The smallest absolute Gasteiger partial charge is 0.426 e. The molecule has 2 aromatic rings. The number of aromatic nitrogens is 3. The van der Waals surface area contributed by atoms with Crippen LogP contribution < -0.4 is 11.1 Å². The minimum absolute atomic E-state index is 0.0636. The van der Waals surface area contributed by atoms with Crippen molar-refractivity contribution in [2.45, 2.75) is 102 Å². The van der Waals surface area contributed by atoms with E-state index in [2.05, 4.69) is 20.5 Å². The van der Waals surface area contributed by atoms with Crippen LogP contribution in [0.4, 0.5) is 36.8 Å². The van der Waals surface area contributed by atoms with Crippen LogP contribution in [-0.2, 0) is 16.5 Å². The highest BCUT2D eigenvalue weighted by atomic mass is 19.4. The standard InChI is InChI=1S/C28H36F6N6O5/c1-25(2,3)45-24(42)36-18-13-17(27(29,30)31)19-22(41)40(16-9-7-15(14-35)8-10-16)12-6-4-5-11-26(43,28(32,33)34)23-39-38-21(44-23)20(18)37-19/h13,15-16,43H,4-12,14,35H2,1-3H3,(H,36,42)/t15-,16-,26-/m1/s1. The molecule has 0 radical (unpaired) electrons. The molecule has 0 saturated heterocycles. The van der Waals surface area contributed by atoms with Crippen LogP contribution in [0.15, 0.2) is 10.5 Å². The number of nitrogens with zero attached hydrogens (tertiary/aromatic N) is 4. The summed E-state index contributed by atoms with van der Waals surface area (Å²) in [5.74, 6) is -2.99. The van der Waals surface area contributed by atoms with Crippen LogP contribution in [-0.4, -0.2) is 68.1 Å². The van der Waals surface area contributed by atoms with E-state index in [-0.39, 0.29) is 31.7 Å². The number of carbonyl (C=O) groups excluding carboxylic acids is 2. The number of rotatable bonds is 3. The average molecular weight is 651 g/mol. The van der Waals surface area contributed by atoms with Crippen molar-refractivity contribution in [1.82, 2.24) is 20.1 Å². The number of nitrogens with two attached hydrogens (primary N) is 1. The molecular formula is C28H36F6N6O5. The van der Waals surface area contributed by atoms with Gasteiger partial charge in [-0.1, -0.05) is 6.42 Å². The molecular weight excluding hydrogens is 614 g/mol. The summed E-state index contributed by atoms with van der Waals surface area (Å²) < 4.78 is 96.3. The Balaban J connectivity index is 1.92. The Bertz CT molecular complexity index is 1380. The Morgan fingerprint density at radius 2 is 1.76 bits per heavy atom. The monoisotopic (exact) mass is 650 g/mol. The van der Waals surface area contributed by atoms with Gasteiger partial charge in [-0.3, -0.25) is 10.1 Å². The number of hydrogen-bond donors (Lipinski definition) is 3. The van der Waals surface area contributed by atoms with E-state index in [1.165, 1.54) is 25.7 Å². The van der Waals surface area contributed by atoms with Crippen molar-refractivity contribution in [2.75, 3.05) is 18.4 Å². The second-order valence-electron chi connectivity index (χ2n) is 12.4. The Hall–Kier alpha value is -3.47. The molecule has 4 N–H and O–H groups in total. The number of fused-ring (bicyclic) bond motifs is 5. The van der Waals surface area contributed by atoms with Crippen molar-refractivity contribution in [2.24, 2.45) is 11.7 Å². The summed E-state index contributed by atoms with van der Waals surface area (Å²) >= 11 is 0. The maximum absolute atomic E-state index is 14.5. The first-order valence-corrected chi connectivity index (χ1v) is 14.6. The quantitative estimate of drug-likeness (QED) is 0.351. The van der Waals surface area contributed by atoms with Crippen LogP contribution in [0.1, 0.15) is 94.1 Å². The number of aliphatic hydroxyl groups is 1. The minimum atomic E-state index is -5.26. The van der Waals surface area contributed by atoms with Crippen LogP contribution >= 0.6 is 0 Å². The molecule has 2 aromatic heterocycles. The third kappa shape index (κ3) is 7.68. The number of ether oxygens (including phenoxy) is 1. The van der Waals surface area contributed by atoms with Gasteiger partial charge in [0.1, 0.15) is 11.3 Å². The molecule has 1 fully saturated rings. The maximum atomic E-state index is 14.5. The summed E-state index contributed by atoms with van der Waals surface area (Å²) in [5, 5.41) is 19.7. The number of nitrogens with one attached hydrogen (secondary N) is 1. The van der Waals surface area contributed by atoms with E-state index in [4.69, 9.17) is 14.9 Å². The minimum Gasteiger partial charge on any atom is -0.444 e. The highest BCUT2D eigenvalue weighted by molar-refractivity contribution is 5.97. The largest absolute Gasteiger partial charge is 0.444 e. The lowest BCUT2D eigenvalue weighted by Crippen LogP contribution is -2.44. The van der Waals surface area contributed by atoms with Crippen molar-refractivity contribution in [3.8, 4) is 11.6 Å². The van der Waals surface area contributed by atoms with E-state index in [9.17, 15) is 41.0 Å². The second kappa shape index (κ2) is 12.7. The number of pyridine rings is 1. The van der Waals surface area contributed by atoms with Gasteiger partial charge < -0.3 is 24.9 Å². The normalized spacial score (nSPS) is 23.8. The summed E-state index contributed by atoms with van der Waals surface area (Å²) in [6, 6.07) is -0.0458. The van der Waals surface area contributed by atoms with Gasteiger partial charge in [0, 0.05) is 12.6 Å². The lowest BCUT2D eigenvalue weighted by atomic mass is 9.85. The number of hydrogen-bond acceptors (Lipinski definition) is 9. The van der Waals surface area contributed by atoms with E-state index < -0.39 is 82.4 Å². The summed E-state index contributed by atoms with van der Waals surface area (Å²) in [4.78, 5) is 31.8. The summed E-state index contributed by atoms with van der Waals surface area (Å²) in [6.07, 6.45) is -10.2. The fraction of sp³-hybridized carbons (Fsp3) is 0.679. The van der Waals surface area contributed by atoms with Gasteiger partial charge in [-0.05, 0) is 84.2 Å². The molecule has 2 aliphatic rings. The van der Waals surface area contributed by atoms with Crippen molar-refractivity contribution >= 4 is 17.7 Å². The maximum Gasteiger partial charge on any atom is 0.426 e. The van der Waals surface area contributed by atoms with Crippen LogP contribution in [0.2, 0.25) is 0 Å². The van der Waals surface area contributed by atoms with Gasteiger partial charge in [0.05, 0.1) is 11.3 Å². The van der Waals surface area contributed by atoms with Crippen LogP contribution in [0.5, 0.6) is 0 Å². The fourth-order valence-corrected chi connectivity index (χ4v) is 5.54. The third-order valence-corrected chi connectivity index (χ3v) is 7.91. The third-order valence-electron chi connectivity index (χ3n) is 7.91. The van der Waals surface area contributed by atoms with E-state index >= 15 is 0 Å². The molecule has 0 spiro atoms. The first-order valence-electron chi connectivity index (χ1n) is 14.6. The second-order valence-corrected chi connectivity index (χ2v) is 12.4. The van der Waals surface area contributed by atoms with Crippen molar-refractivity contribution in [3.05, 3.63) is 23.2 Å². The SMILES string of the molecule is CC(C)(C)OC(=O)Nc1cc(C(F)(F)F)c2nc1-c1nnc(o1)[C@@](O)(C(F)(F)F)CCCCCN([C@H]1CC[C@H](CN)CC1)C2=O. The first kappa shape index (κ1) is 34.4. The van der Waals surface area contributed by atoms with E-state index in [1.54, 1.807) is 0 Å². The highest BCUT2D eigenvalue weighted by Crippen LogP contribution is 2.44.